The third-order valence-electron chi connectivity index (χ3n) is 2.62. The Labute approximate surface area is 110 Å². The van der Waals surface area contributed by atoms with Gasteiger partial charge >= 0.3 is 0 Å². The third-order valence-corrected chi connectivity index (χ3v) is 2.62. The van der Waals surface area contributed by atoms with E-state index >= 15 is 0 Å². The van der Waals surface area contributed by atoms with E-state index in [2.05, 4.69) is 13.8 Å². The fourth-order valence-electron chi connectivity index (χ4n) is 1.70. The van der Waals surface area contributed by atoms with Crippen LogP contribution < -0.4 is 4.74 Å². The highest BCUT2D eigenvalue weighted by Crippen LogP contribution is 2.27. The summed E-state index contributed by atoms with van der Waals surface area (Å²) >= 11 is 0. The molecule has 0 radical (unpaired) electrons. The molecule has 3 heteroatoms. The summed E-state index contributed by atoms with van der Waals surface area (Å²) in [6, 6.07) is 7.66. The van der Waals surface area contributed by atoms with Crippen LogP contribution in [0, 0.1) is 0 Å². The van der Waals surface area contributed by atoms with Crippen molar-refractivity contribution in [1.82, 2.24) is 0 Å². The van der Waals surface area contributed by atoms with E-state index in [9.17, 15) is 5.11 Å². The molecule has 1 atom stereocenters. The van der Waals surface area contributed by atoms with E-state index in [1.807, 2.05) is 24.3 Å². The molecule has 0 spiro atoms. The highest BCUT2D eigenvalue weighted by atomic mass is 16.5. The van der Waals surface area contributed by atoms with E-state index in [0.29, 0.717) is 19.6 Å². The normalized spacial score (nSPS) is 12.4. The molecule has 102 valence electrons. The molecule has 1 rings (SSSR count). The van der Waals surface area contributed by atoms with Gasteiger partial charge in [0.25, 0.3) is 0 Å². The molecule has 0 fully saturated rings. The molecule has 1 aromatic rings. The Morgan fingerprint density at radius 1 is 1.06 bits per heavy atom. The average molecular weight is 252 g/mol. The van der Waals surface area contributed by atoms with Gasteiger partial charge in [-0.1, -0.05) is 32.0 Å². The lowest BCUT2D eigenvalue weighted by Crippen LogP contribution is -2.07. The SMILES string of the molecule is CCCOCCC(O)c1ccccc1OCCC. The van der Waals surface area contributed by atoms with E-state index < -0.39 is 6.10 Å². The Bertz CT molecular complexity index is 325. The van der Waals surface area contributed by atoms with Gasteiger partial charge in [-0.05, 0) is 18.9 Å². The van der Waals surface area contributed by atoms with Crippen molar-refractivity contribution in [3.8, 4) is 5.75 Å². The lowest BCUT2D eigenvalue weighted by atomic mass is 10.1. The summed E-state index contributed by atoms with van der Waals surface area (Å²) in [7, 11) is 0. The Morgan fingerprint density at radius 2 is 1.78 bits per heavy atom. The highest BCUT2D eigenvalue weighted by molar-refractivity contribution is 5.35. The molecule has 1 aromatic carbocycles. The summed E-state index contributed by atoms with van der Waals surface area (Å²) in [6.45, 7) is 6.15. The zero-order chi connectivity index (χ0) is 13.2. The molecule has 0 bridgehead atoms. The molecule has 0 saturated heterocycles. The van der Waals surface area contributed by atoms with Crippen LogP contribution in [0.15, 0.2) is 24.3 Å². The van der Waals surface area contributed by atoms with Crippen molar-refractivity contribution in [1.29, 1.82) is 0 Å². The number of rotatable bonds is 9. The molecule has 0 aromatic heterocycles. The number of ether oxygens (including phenoxy) is 2. The van der Waals surface area contributed by atoms with Crippen molar-refractivity contribution in [2.24, 2.45) is 0 Å². The molecular weight excluding hydrogens is 228 g/mol. The smallest absolute Gasteiger partial charge is 0.125 e. The van der Waals surface area contributed by atoms with Gasteiger partial charge in [-0.15, -0.1) is 0 Å². The molecule has 3 nitrogen and oxygen atoms in total. The molecule has 1 unspecified atom stereocenters. The minimum absolute atomic E-state index is 0.519. The Kier molecular flexibility index (Phi) is 7.46. The quantitative estimate of drug-likeness (QED) is 0.685. The van der Waals surface area contributed by atoms with Crippen molar-refractivity contribution < 1.29 is 14.6 Å². The van der Waals surface area contributed by atoms with E-state index in [1.165, 1.54) is 0 Å². The second-order valence-corrected chi connectivity index (χ2v) is 4.30. The fourth-order valence-corrected chi connectivity index (χ4v) is 1.70. The zero-order valence-corrected chi connectivity index (χ0v) is 11.4. The van der Waals surface area contributed by atoms with Crippen LogP contribution >= 0.6 is 0 Å². The summed E-state index contributed by atoms with van der Waals surface area (Å²) in [4.78, 5) is 0. The first kappa shape index (κ1) is 15.0. The summed E-state index contributed by atoms with van der Waals surface area (Å²) in [5.41, 5.74) is 0.853. The fraction of sp³-hybridized carbons (Fsp3) is 0.600. The van der Waals surface area contributed by atoms with Crippen LogP contribution in [0.25, 0.3) is 0 Å². The second kappa shape index (κ2) is 8.95. The van der Waals surface area contributed by atoms with Crippen LogP contribution in [0.3, 0.4) is 0 Å². The molecule has 1 N–H and O–H groups in total. The van der Waals surface area contributed by atoms with E-state index in [-0.39, 0.29) is 0 Å². The number of aliphatic hydroxyl groups excluding tert-OH is 1. The largest absolute Gasteiger partial charge is 0.493 e. The van der Waals surface area contributed by atoms with Crippen LogP contribution in [-0.4, -0.2) is 24.9 Å². The van der Waals surface area contributed by atoms with E-state index in [0.717, 1.165) is 30.8 Å². The van der Waals surface area contributed by atoms with Gasteiger partial charge in [0, 0.05) is 25.2 Å². The van der Waals surface area contributed by atoms with Crippen LogP contribution in [0.4, 0.5) is 0 Å². The first-order valence-electron chi connectivity index (χ1n) is 6.77. The maximum Gasteiger partial charge on any atom is 0.125 e. The second-order valence-electron chi connectivity index (χ2n) is 4.30. The Balaban J connectivity index is 2.52. The molecule has 0 aliphatic carbocycles. The highest BCUT2D eigenvalue weighted by Gasteiger charge is 2.12. The number of benzene rings is 1. The lowest BCUT2D eigenvalue weighted by molar-refractivity contribution is 0.0807. The van der Waals surface area contributed by atoms with Crippen LogP contribution in [0.2, 0.25) is 0 Å². The zero-order valence-electron chi connectivity index (χ0n) is 11.4. The molecule has 0 aliphatic heterocycles. The lowest BCUT2D eigenvalue weighted by Gasteiger charge is -2.16. The first-order valence-corrected chi connectivity index (χ1v) is 6.77. The van der Waals surface area contributed by atoms with Crippen molar-refractivity contribution in [3.05, 3.63) is 29.8 Å². The van der Waals surface area contributed by atoms with Crippen molar-refractivity contribution in [2.45, 2.75) is 39.2 Å². The summed E-state index contributed by atoms with van der Waals surface area (Å²) in [5, 5.41) is 10.1. The molecular formula is C15H24O3. The van der Waals surface area contributed by atoms with Gasteiger partial charge in [-0.2, -0.15) is 0 Å². The van der Waals surface area contributed by atoms with Crippen LogP contribution in [0.5, 0.6) is 5.75 Å². The van der Waals surface area contributed by atoms with E-state index in [1.54, 1.807) is 0 Å². The predicted octanol–water partition coefficient (Wildman–Crippen LogP) is 3.33. The molecule has 0 heterocycles. The number of hydrogen-bond acceptors (Lipinski definition) is 3. The van der Waals surface area contributed by atoms with E-state index in [4.69, 9.17) is 9.47 Å². The molecule has 18 heavy (non-hydrogen) atoms. The van der Waals surface area contributed by atoms with Gasteiger partial charge in [-0.25, -0.2) is 0 Å². The van der Waals surface area contributed by atoms with Gasteiger partial charge in [0.15, 0.2) is 0 Å². The molecule has 0 saturated carbocycles. The Hall–Kier alpha value is -1.06. The van der Waals surface area contributed by atoms with Crippen molar-refractivity contribution in [2.75, 3.05) is 19.8 Å². The van der Waals surface area contributed by atoms with Crippen LogP contribution in [-0.2, 0) is 4.74 Å². The van der Waals surface area contributed by atoms with Crippen LogP contribution in [0.1, 0.15) is 44.8 Å². The standard InChI is InChI=1S/C15H24O3/c1-3-10-17-12-9-14(16)13-7-5-6-8-15(13)18-11-4-2/h5-8,14,16H,3-4,9-12H2,1-2H3. The van der Waals surface area contributed by atoms with Gasteiger partial charge in [0.05, 0.1) is 12.7 Å². The number of para-hydroxylation sites is 1. The first-order chi connectivity index (χ1) is 8.79. The van der Waals surface area contributed by atoms with Gasteiger partial charge in [-0.3, -0.25) is 0 Å². The summed E-state index contributed by atoms with van der Waals surface area (Å²) < 4.78 is 11.0. The Morgan fingerprint density at radius 3 is 2.50 bits per heavy atom. The maximum absolute atomic E-state index is 10.1. The number of hydrogen-bond donors (Lipinski definition) is 1. The topological polar surface area (TPSA) is 38.7 Å². The molecule has 0 aliphatic rings. The minimum atomic E-state index is -0.519. The van der Waals surface area contributed by atoms with Crippen molar-refractivity contribution in [3.63, 3.8) is 0 Å². The number of aliphatic hydroxyl groups is 1. The van der Waals surface area contributed by atoms with Crippen molar-refractivity contribution >= 4 is 0 Å². The monoisotopic (exact) mass is 252 g/mol. The van der Waals surface area contributed by atoms with Gasteiger partial charge in [0.2, 0.25) is 0 Å². The summed E-state index contributed by atoms with van der Waals surface area (Å²) in [5.74, 6) is 0.780. The van der Waals surface area contributed by atoms with Gasteiger partial charge in [0.1, 0.15) is 5.75 Å². The summed E-state index contributed by atoms with van der Waals surface area (Å²) in [6.07, 6.45) is 2.05. The predicted molar refractivity (Wildman–Crippen MR) is 72.9 cm³/mol. The minimum Gasteiger partial charge on any atom is -0.493 e. The van der Waals surface area contributed by atoms with Gasteiger partial charge < -0.3 is 14.6 Å². The molecule has 0 amide bonds. The maximum atomic E-state index is 10.1. The third kappa shape index (κ3) is 5.07. The average Bonchev–Trinajstić information content (AvgIpc) is 2.41.